The van der Waals surface area contributed by atoms with Crippen LogP contribution in [-0.4, -0.2) is 33.4 Å². The van der Waals surface area contributed by atoms with Gasteiger partial charge >= 0.3 is 0 Å². The second-order valence-corrected chi connectivity index (χ2v) is 7.50. The van der Waals surface area contributed by atoms with Gasteiger partial charge in [0.1, 0.15) is 12.1 Å². The number of ketones is 1. The summed E-state index contributed by atoms with van der Waals surface area (Å²) in [5.74, 6) is -0.314. The molecule has 0 spiro atoms. The molecule has 0 saturated heterocycles. The van der Waals surface area contributed by atoms with Gasteiger partial charge in [0.05, 0.1) is 17.1 Å². The smallest absolute Gasteiger partial charge is 0.250 e. The molecule has 1 amide bonds. The number of carbonyl (C=O) groups is 2. The van der Waals surface area contributed by atoms with Gasteiger partial charge in [0, 0.05) is 28.8 Å². The first-order valence-corrected chi connectivity index (χ1v) is 10.4. The van der Waals surface area contributed by atoms with Gasteiger partial charge in [-0.05, 0) is 30.2 Å². The third-order valence-corrected chi connectivity index (χ3v) is 5.45. The molecule has 0 radical (unpaired) electrons. The molecule has 1 aromatic heterocycles. The quantitative estimate of drug-likeness (QED) is 0.243. The highest BCUT2D eigenvalue weighted by atomic mass is 16.3. The zero-order chi connectivity index (χ0) is 23.4. The van der Waals surface area contributed by atoms with Crippen molar-refractivity contribution < 1.29 is 14.7 Å². The molecule has 0 fully saturated rings. The summed E-state index contributed by atoms with van der Waals surface area (Å²) in [7, 11) is 0. The Morgan fingerprint density at radius 2 is 1.67 bits per heavy atom. The Kier molecular flexibility index (Phi) is 6.28. The number of hydrogen-bond donors (Lipinski definition) is 4. The van der Waals surface area contributed by atoms with E-state index in [4.69, 9.17) is 11.5 Å². The summed E-state index contributed by atoms with van der Waals surface area (Å²) in [6.45, 7) is -0.122. The number of fused-ring (bicyclic) bond motifs is 1. The number of nitrogens with zero attached hydrogens (tertiary/aromatic N) is 2. The number of amides is 1. The van der Waals surface area contributed by atoms with Crippen LogP contribution in [0.5, 0.6) is 0 Å². The molecular weight excluding hydrogens is 418 g/mol. The van der Waals surface area contributed by atoms with Crippen molar-refractivity contribution in [3.8, 4) is 0 Å². The Balaban J connectivity index is 1.74. The molecule has 1 atom stereocenters. The number of nitrogen functional groups attached to an aromatic ring is 1. The maximum atomic E-state index is 13.0. The Bertz CT molecular complexity index is 1320. The van der Waals surface area contributed by atoms with Crippen LogP contribution < -0.4 is 16.8 Å². The fraction of sp³-hybridized carbons (Fsp3) is 0.120. The number of aliphatic hydroxyl groups excluding tert-OH is 1. The highest BCUT2D eigenvalue weighted by Gasteiger charge is 2.21. The summed E-state index contributed by atoms with van der Waals surface area (Å²) in [6.07, 6.45) is 1.65. The predicted molar refractivity (Wildman–Crippen MR) is 127 cm³/mol. The number of para-hydroxylation sites is 2. The van der Waals surface area contributed by atoms with Gasteiger partial charge < -0.3 is 21.9 Å². The normalized spacial score (nSPS) is 11.8. The molecule has 0 saturated carbocycles. The predicted octanol–water partition coefficient (Wildman–Crippen LogP) is 3.08. The van der Waals surface area contributed by atoms with Crippen molar-refractivity contribution in [3.63, 3.8) is 0 Å². The molecule has 166 valence electrons. The Hall–Kier alpha value is -4.30. The Morgan fingerprint density at radius 1 is 0.939 bits per heavy atom. The van der Waals surface area contributed by atoms with Crippen LogP contribution in [0.4, 0.5) is 11.5 Å². The second-order valence-electron chi connectivity index (χ2n) is 7.50. The fourth-order valence-electron chi connectivity index (χ4n) is 3.83. The van der Waals surface area contributed by atoms with Gasteiger partial charge in [0.15, 0.2) is 5.78 Å². The second kappa shape index (κ2) is 9.46. The molecule has 0 aliphatic heterocycles. The minimum absolute atomic E-state index is 0.122. The van der Waals surface area contributed by atoms with E-state index in [9.17, 15) is 14.7 Å². The number of primary amides is 1. The molecular formula is C25H23N5O3. The molecule has 8 heteroatoms. The number of anilines is 2. The topological polar surface area (TPSA) is 144 Å². The summed E-state index contributed by atoms with van der Waals surface area (Å²) in [4.78, 5) is 33.3. The van der Waals surface area contributed by atoms with E-state index < -0.39 is 11.9 Å². The first-order chi connectivity index (χ1) is 16.0. The summed E-state index contributed by atoms with van der Waals surface area (Å²) in [5, 5.41) is 13.6. The molecule has 1 unspecified atom stereocenters. The lowest BCUT2D eigenvalue weighted by molar-refractivity contribution is 0.1000. The van der Waals surface area contributed by atoms with Crippen LogP contribution in [0.15, 0.2) is 73.1 Å². The Morgan fingerprint density at radius 3 is 2.39 bits per heavy atom. The van der Waals surface area contributed by atoms with Crippen molar-refractivity contribution in [3.05, 3.63) is 95.3 Å². The average molecular weight is 441 g/mol. The van der Waals surface area contributed by atoms with E-state index in [0.29, 0.717) is 45.5 Å². The molecule has 6 N–H and O–H groups in total. The van der Waals surface area contributed by atoms with Crippen LogP contribution in [0.3, 0.4) is 0 Å². The molecule has 0 aliphatic carbocycles. The van der Waals surface area contributed by atoms with Crippen molar-refractivity contribution in [2.75, 3.05) is 17.7 Å². The summed E-state index contributed by atoms with van der Waals surface area (Å²) >= 11 is 0. The number of carbonyl (C=O) groups excluding carboxylic acids is 2. The number of hydrogen-bond acceptors (Lipinski definition) is 7. The first-order valence-electron chi connectivity index (χ1n) is 10.4. The van der Waals surface area contributed by atoms with Gasteiger partial charge in [0.25, 0.3) is 5.91 Å². The van der Waals surface area contributed by atoms with Gasteiger partial charge in [-0.1, -0.05) is 48.5 Å². The number of nitrogens with two attached hydrogens (primary N) is 2. The van der Waals surface area contributed by atoms with Crippen LogP contribution in [0, 0.1) is 0 Å². The van der Waals surface area contributed by atoms with E-state index >= 15 is 0 Å². The van der Waals surface area contributed by atoms with E-state index in [1.165, 1.54) is 6.33 Å². The van der Waals surface area contributed by atoms with E-state index in [-0.39, 0.29) is 18.0 Å². The summed E-state index contributed by atoms with van der Waals surface area (Å²) in [5.41, 5.74) is 14.5. The highest BCUT2D eigenvalue weighted by molar-refractivity contribution is 6.12. The van der Waals surface area contributed by atoms with Gasteiger partial charge in [0.2, 0.25) is 0 Å². The summed E-state index contributed by atoms with van der Waals surface area (Å²) in [6, 6.07) is 18.8. The van der Waals surface area contributed by atoms with Crippen molar-refractivity contribution in [1.82, 2.24) is 9.97 Å². The lowest BCUT2D eigenvalue weighted by atomic mass is 9.94. The molecule has 0 bridgehead atoms. The van der Waals surface area contributed by atoms with Gasteiger partial charge in [-0.15, -0.1) is 0 Å². The number of nitrogens with one attached hydrogen (secondary N) is 1. The largest absolute Gasteiger partial charge is 0.398 e. The number of rotatable bonds is 8. The number of benzene rings is 3. The molecule has 8 nitrogen and oxygen atoms in total. The highest BCUT2D eigenvalue weighted by Crippen LogP contribution is 2.32. The molecule has 1 heterocycles. The van der Waals surface area contributed by atoms with Gasteiger partial charge in [-0.2, -0.15) is 0 Å². The number of aliphatic hydroxyl groups is 1. The molecule has 4 aromatic rings. The van der Waals surface area contributed by atoms with Crippen molar-refractivity contribution in [2.45, 2.75) is 12.5 Å². The maximum Gasteiger partial charge on any atom is 0.250 e. The monoisotopic (exact) mass is 441 g/mol. The Labute approximate surface area is 190 Å². The molecule has 4 rings (SSSR count). The summed E-state index contributed by atoms with van der Waals surface area (Å²) < 4.78 is 0. The average Bonchev–Trinajstić information content (AvgIpc) is 2.84. The first kappa shape index (κ1) is 21.9. The van der Waals surface area contributed by atoms with E-state index in [0.717, 1.165) is 0 Å². The zero-order valence-corrected chi connectivity index (χ0v) is 17.7. The third-order valence-electron chi connectivity index (χ3n) is 5.45. The zero-order valence-electron chi connectivity index (χ0n) is 17.7. The third kappa shape index (κ3) is 4.37. The van der Waals surface area contributed by atoms with E-state index in [2.05, 4.69) is 15.3 Å². The SMILES string of the molecule is NC(=O)c1cccc2c(NC(CCO)c3cccc(C(=O)c4ccccc4)c3N)ncnc12. The van der Waals surface area contributed by atoms with Crippen LogP contribution in [-0.2, 0) is 0 Å². The van der Waals surface area contributed by atoms with Crippen molar-refractivity contribution >= 4 is 34.1 Å². The fourth-order valence-corrected chi connectivity index (χ4v) is 3.83. The number of aromatic nitrogens is 2. The van der Waals surface area contributed by atoms with E-state index in [1.807, 2.05) is 12.1 Å². The van der Waals surface area contributed by atoms with Crippen LogP contribution >= 0.6 is 0 Å². The minimum Gasteiger partial charge on any atom is -0.398 e. The molecule has 0 aliphatic rings. The van der Waals surface area contributed by atoms with E-state index in [1.54, 1.807) is 54.6 Å². The lowest BCUT2D eigenvalue weighted by Gasteiger charge is -2.22. The van der Waals surface area contributed by atoms with Crippen LogP contribution in [0.25, 0.3) is 10.9 Å². The van der Waals surface area contributed by atoms with Gasteiger partial charge in [-0.3, -0.25) is 9.59 Å². The van der Waals surface area contributed by atoms with Crippen molar-refractivity contribution in [1.29, 1.82) is 0 Å². The molecule has 33 heavy (non-hydrogen) atoms. The van der Waals surface area contributed by atoms with Gasteiger partial charge in [-0.25, -0.2) is 9.97 Å². The van der Waals surface area contributed by atoms with Crippen molar-refractivity contribution in [2.24, 2.45) is 5.73 Å². The minimum atomic E-state index is -0.589. The lowest BCUT2D eigenvalue weighted by Crippen LogP contribution is -2.18. The standard InChI is InChI=1S/C25H23N5O3/c26-21-16(8-4-9-17(21)23(32)15-6-2-1-3-7-15)20(12-13-31)30-25-19-11-5-10-18(24(27)33)22(19)28-14-29-25/h1-11,14,20,31H,12-13,26H2,(H2,27,33)(H,28,29,30). The maximum absolute atomic E-state index is 13.0. The van der Waals surface area contributed by atoms with Crippen LogP contribution in [0.2, 0.25) is 0 Å². The molecule has 3 aromatic carbocycles. The van der Waals surface area contributed by atoms with Crippen LogP contribution in [0.1, 0.15) is 44.3 Å².